The van der Waals surface area contributed by atoms with Gasteiger partial charge in [-0.3, -0.25) is 19.5 Å². The fourth-order valence-electron chi connectivity index (χ4n) is 1.48. The average molecular weight is 221 g/mol. The standard InChI is InChI=1S/C9H11N5O2/c1-7-9(14(15)16)5-10-13(7)6-8-3-4-12(2)11-8/h3-5H,6H2,1-2H3. The summed E-state index contributed by atoms with van der Waals surface area (Å²) in [6.07, 6.45) is 3.08. The fourth-order valence-corrected chi connectivity index (χ4v) is 1.48. The van der Waals surface area contributed by atoms with E-state index in [4.69, 9.17) is 0 Å². The Labute approximate surface area is 91.5 Å². The van der Waals surface area contributed by atoms with Crippen LogP contribution in [-0.4, -0.2) is 24.5 Å². The number of aromatic nitrogens is 4. The van der Waals surface area contributed by atoms with Gasteiger partial charge < -0.3 is 0 Å². The van der Waals surface area contributed by atoms with Crippen LogP contribution in [0, 0.1) is 17.0 Å². The Balaban J connectivity index is 2.25. The highest BCUT2D eigenvalue weighted by Crippen LogP contribution is 2.16. The van der Waals surface area contributed by atoms with E-state index in [9.17, 15) is 10.1 Å². The van der Waals surface area contributed by atoms with E-state index in [1.807, 2.05) is 19.3 Å². The minimum Gasteiger partial charge on any atom is -0.275 e. The number of nitro groups is 1. The Morgan fingerprint density at radius 2 is 2.31 bits per heavy atom. The van der Waals surface area contributed by atoms with Crippen LogP contribution in [0.15, 0.2) is 18.5 Å². The molecule has 84 valence electrons. The number of hydrogen-bond donors (Lipinski definition) is 0. The molecular formula is C9H11N5O2. The van der Waals surface area contributed by atoms with Crippen LogP contribution in [0.25, 0.3) is 0 Å². The third-order valence-corrected chi connectivity index (χ3v) is 2.35. The Morgan fingerprint density at radius 3 is 2.81 bits per heavy atom. The Bertz CT molecular complexity index is 528. The van der Waals surface area contributed by atoms with E-state index >= 15 is 0 Å². The quantitative estimate of drug-likeness (QED) is 0.569. The van der Waals surface area contributed by atoms with E-state index in [1.54, 1.807) is 16.3 Å². The lowest BCUT2D eigenvalue weighted by Crippen LogP contribution is -2.05. The first-order valence-electron chi connectivity index (χ1n) is 4.73. The van der Waals surface area contributed by atoms with Gasteiger partial charge in [0.05, 0.1) is 17.2 Å². The summed E-state index contributed by atoms with van der Waals surface area (Å²) >= 11 is 0. The molecule has 2 aromatic rings. The summed E-state index contributed by atoms with van der Waals surface area (Å²) in [6.45, 7) is 2.12. The number of rotatable bonds is 3. The first-order chi connectivity index (χ1) is 7.58. The van der Waals surface area contributed by atoms with Crippen LogP contribution in [0.3, 0.4) is 0 Å². The average Bonchev–Trinajstić information content (AvgIpc) is 2.76. The van der Waals surface area contributed by atoms with Crippen molar-refractivity contribution in [1.82, 2.24) is 19.6 Å². The number of hydrogen-bond acceptors (Lipinski definition) is 4. The second-order valence-electron chi connectivity index (χ2n) is 3.51. The Kier molecular flexibility index (Phi) is 2.43. The van der Waals surface area contributed by atoms with Gasteiger partial charge in [0.25, 0.3) is 0 Å². The van der Waals surface area contributed by atoms with Gasteiger partial charge in [0.15, 0.2) is 0 Å². The molecule has 0 fully saturated rings. The predicted octanol–water partition coefficient (Wildman–Crippen LogP) is 0.882. The second-order valence-corrected chi connectivity index (χ2v) is 3.51. The maximum absolute atomic E-state index is 10.6. The summed E-state index contributed by atoms with van der Waals surface area (Å²) in [5, 5.41) is 18.8. The lowest BCUT2D eigenvalue weighted by molar-refractivity contribution is -0.385. The topological polar surface area (TPSA) is 78.8 Å². The van der Waals surface area contributed by atoms with Crippen LogP contribution in [0.4, 0.5) is 5.69 Å². The smallest absolute Gasteiger partial charge is 0.275 e. The molecule has 0 unspecified atom stereocenters. The van der Waals surface area contributed by atoms with Crippen molar-refractivity contribution in [2.45, 2.75) is 13.5 Å². The van der Waals surface area contributed by atoms with Crippen molar-refractivity contribution in [2.24, 2.45) is 7.05 Å². The van der Waals surface area contributed by atoms with Gasteiger partial charge in [0, 0.05) is 13.2 Å². The zero-order valence-corrected chi connectivity index (χ0v) is 8.99. The van der Waals surface area contributed by atoms with Crippen molar-refractivity contribution in [3.63, 3.8) is 0 Å². The molecule has 0 aliphatic carbocycles. The summed E-state index contributed by atoms with van der Waals surface area (Å²) in [6, 6.07) is 1.85. The van der Waals surface area contributed by atoms with E-state index in [0.29, 0.717) is 12.2 Å². The first-order valence-corrected chi connectivity index (χ1v) is 4.73. The third-order valence-electron chi connectivity index (χ3n) is 2.35. The lowest BCUT2D eigenvalue weighted by atomic mass is 10.4. The number of aryl methyl sites for hydroxylation is 1. The highest BCUT2D eigenvalue weighted by molar-refractivity contribution is 5.31. The molecule has 0 aliphatic rings. The highest BCUT2D eigenvalue weighted by Gasteiger charge is 2.16. The van der Waals surface area contributed by atoms with Crippen LogP contribution in [0.2, 0.25) is 0 Å². The van der Waals surface area contributed by atoms with Crippen LogP contribution in [-0.2, 0) is 13.6 Å². The van der Waals surface area contributed by atoms with Crippen LogP contribution in [0.5, 0.6) is 0 Å². The molecular weight excluding hydrogens is 210 g/mol. The van der Waals surface area contributed by atoms with Crippen molar-refractivity contribution < 1.29 is 4.92 Å². The molecule has 2 heterocycles. The van der Waals surface area contributed by atoms with E-state index in [2.05, 4.69) is 10.2 Å². The molecule has 0 amide bonds. The van der Waals surface area contributed by atoms with E-state index < -0.39 is 4.92 Å². The third kappa shape index (κ3) is 1.79. The van der Waals surface area contributed by atoms with E-state index in [-0.39, 0.29) is 5.69 Å². The monoisotopic (exact) mass is 221 g/mol. The molecule has 2 aromatic heterocycles. The largest absolute Gasteiger partial charge is 0.309 e. The summed E-state index contributed by atoms with van der Waals surface area (Å²) in [7, 11) is 1.82. The Morgan fingerprint density at radius 1 is 1.56 bits per heavy atom. The van der Waals surface area contributed by atoms with Crippen molar-refractivity contribution in [3.8, 4) is 0 Å². The molecule has 0 aromatic carbocycles. The molecule has 0 bridgehead atoms. The molecule has 0 spiro atoms. The first kappa shape index (κ1) is 10.3. The van der Waals surface area contributed by atoms with Crippen LogP contribution >= 0.6 is 0 Å². The molecule has 2 rings (SSSR count). The maximum Gasteiger partial charge on any atom is 0.309 e. The van der Waals surface area contributed by atoms with Gasteiger partial charge in [0.1, 0.15) is 11.9 Å². The van der Waals surface area contributed by atoms with E-state index in [1.165, 1.54) is 6.20 Å². The van der Waals surface area contributed by atoms with E-state index in [0.717, 1.165) is 5.69 Å². The van der Waals surface area contributed by atoms with Gasteiger partial charge >= 0.3 is 5.69 Å². The Hall–Kier alpha value is -2.18. The molecule has 7 nitrogen and oxygen atoms in total. The summed E-state index contributed by atoms with van der Waals surface area (Å²) in [5.41, 5.74) is 1.40. The molecule has 0 atom stereocenters. The summed E-state index contributed by atoms with van der Waals surface area (Å²) in [4.78, 5) is 10.2. The van der Waals surface area contributed by atoms with Gasteiger partial charge in [0.2, 0.25) is 0 Å². The summed E-state index contributed by atoms with van der Waals surface area (Å²) < 4.78 is 3.25. The molecule has 0 saturated carbocycles. The van der Waals surface area contributed by atoms with Crippen LogP contribution in [0.1, 0.15) is 11.4 Å². The number of nitrogens with zero attached hydrogens (tertiary/aromatic N) is 5. The molecule has 16 heavy (non-hydrogen) atoms. The molecule has 0 radical (unpaired) electrons. The predicted molar refractivity (Wildman–Crippen MR) is 55.9 cm³/mol. The lowest BCUT2D eigenvalue weighted by Gasteiger charge is -1.99. The van der Waals surface area contributed by atoms with Gasteiger partial charge in [-0.25, -0.2) is 0 Å². The van der Waals surface area contributed by atoms with Crippen molar-refractivity contribution in [2.75, 3.05) is 0 Å². The zero-order valence-electron chi connectivity index (χ0n) is 8.99. The van der Waals surface area contributed by atoms with Gasteiger partial charge in [-0.05, 0) is 13.0 Å². The van der Waals surface area contributed by atoms with Gasteiger partial charge in [-0.15, -0.1) is 0 Å². The molecule has 0 N–H and O–H groups in total. The maximum atomic E-state index is 10.6. The van der Waals surface area contributed by atoms with Crippen LogP contribution < -0.4 is 0 Å². The minimum absolute atomic E-state index is 0.0379. The highest BCUT2D eigenvalue weighted by atomic mass is 16.6. The molecule has 7 heteroatoms. The SMILES string of the molecule is Cc1c([N+](=O)[O-])cnn1Cc1ccn(C)n1. The summed E-state index contributed by atoms with van der Waals surface area (Å²) in [5.74, 6) is 0. The zero-order chi connectivity index (χ0) is 11.7. The molecule has 0 aliphatic heterocycles. The minimum atomic E-state index is -0.433. The molecule has 0 saturated heterocycles. The van der Waals surface area contributed by atoms with Gasteiger partial charge in [-0.1, -0.05) is 0 Å². The van der Waals surface area contributed by atoms with Crippen molar-refractivity contribution in [1.29, 1.82) is 0 Å². The van der Waals surface area contributed by atoms with Gasteiger partial charge in [-0.2, -0.15) is 10.2 Å². The van der Waals surface area contributed by atoms with Crippen molar-refractivity contribution in [3.05, 3.63) is 40.0 Å². The normalized spacial score (nSPS) is 10.6. The second kappa shape index (κ2) is 3.76. The van der Waals surface area contributed by atoms with Crippen molar-refractivity contribution >= 4 is 5.69 Å². The fraction of sp³-hybridized carbons (Fsp3) is 0.333.